The Balaban J connectivity index is 1.09. The van der Waals surface area contributed by atoms with Gasteiger partial charge in [-0.05, 0) is 74.8 Å². The third-order valence-corrected chi connectivity index (χ3v) is 7.95. The molecule has 1 saturated heterocycles. The van der Waals surface area contributed by atoms with Gasteiger partial charge in [-0.3, -0.25) is 4.98 Å². The van der Waals surface area contributed by atoms with E-state index in [-0.39, 0.29) is 0 Å². The first-order valence-electron chi connectivity index (χ1n) is 10.8. The molecule has 0 amide bonds. The SMILES string of the molecule is c1cc(OCC2CCC3(CC2)OOC2(O3)C3CC4CC(C3)CC2C4)ccn1. The van der Waals surface area contributed by atoms with Crippen LogP contribution in [-0.4, -0.2) is 23.2 Å². The van der Waals surface area contributed by atoms with Crippen LogP contribution in [-0.2, 0) is 14.5 Å². The Morgan fingerprint density at radius 3 is 2.26 bits per heavy atom. The number of nitrogens with zero attached hydrogens (tertiary/aromatic N) is 1. The summed E-state index contributed by atoms with van der Waals surface area (Å²) in [6, 6.07) is 3.83. The third-order valence-electron chi connectivity index (χ3n) is 7.95. The molecule has 27 heavy (non-hydrogen) atoms. The zero-order chi connectivity index (χ0) is 17.9. The van der Waals surface area contributed by atoms with Crippen molar-refractivity contribution < 1.29 is 19.2 Å². The molecular weight excluding hydrogens is 342 g/mol. The van der Waals surface area contributed by atoms with Crippen molar-refractivity contribution in [2.24, 2.45) is 29.6 Å². The van der Waals surface area contributed by atoms with Crippen molar-refractivity contribution >= 4 is 0 Å². The highest BCUT2D eigenvalue weighted by atomic mass is 17.3. The molecule has 1 aliphatic heterocycles. The summed E-state index contributed by atoms with van der Waals surface area (Å²) in [5, 5.41) is 0. The van der Waals surface area contributed by atoms with E-state index >= 15 is 0 Å². The second-order valence-corrected chi connectivity index (χ2v) is 9.64. The molecule has 0 atom stereocenters. The normalized spacial score (nSPS) is 47.8. The van der Waals surface area contributed by atoms with Gasteiger partial charge in [0.1, 0.15) is 5.75 Å². The maximum Gasteiger partial charge on any atom is 0.210 e. The van der Waals surface area contributed by atoms with Crippen molar-refractivity contribution in [3.05, 3.63) is 24.5 Å². The Hall–Kier alpha value is -1.17. The minimum absolute atomic E-state index is 0.437. The number of aromatic nitrogens is 1. The van der Waals surface area contributed by atoms with Crippen molar-refractivity contribution in [2.75, 3.05) is 6.61 Å². The zero-order valence-corrected chi connectivity index (χ0v) is 15.8. The fourth-order valence-corrected chi connectivity index (χ4v) is 6.73. The molecular formula is C22H29NO4. The maximum atomic E-state index is 6.77. The Labute approximate surface area is 160 Å². The van der Waals surface area contributed by atoms with Gasteiger partial charge in [0.05, 0.1) is 6.61 Å². The highest BCUT2D eigenvalue weighted by Gasteiger charge is 2.66. The number of ether oxygens (including phenoxy) is 2. The molecule has 5 aliphatic carbocycles. The summed E-state index contributed by atoms with van der Waals surface area (Å²) >= 11 is 0. The Kier molecular flexibility index (Phi) is 3.82. The van der Waals surface area contributed by atoms with Gasteiger partial charge in [-0.2, -0.15) is 9.78 Å². The van der Waals surface area contributed by atoms with Gasteiger partial charge < -0.3 is 9.47 Å². The van der Waals surface area contributed by atoms with Gasteiger partial charge in [-0.1, -0.05) is 0 Å². The molecule has 0 aromatic carbocycles. The second kappa shape index (κ2) is 6.16. The maximum absolute atomic E-state index is 6.77. The molecule has 4 bridgehead atoms. The van der Waals surface area contributed by atoms with Crippen LogP contribution < -0.4 is 4.74 Å². The number of pyridine rings is 1. The lowest BCUT2D eigenvalue weighted by molar-refractivity contribution is -0.390. The smallest absolute Gasteiger partial charge is 0.210 e. The number of hydrogen-bond donors (Lipinski definition) is 0. The lowest BCUT2D eigenvalue weighted by Crippen LogP contribution is -2.59. The minimum Gasteiger partial charge on any atom is -0.493 e. The molecule has 7 rings (SSSR count). The molecule has 5 saturated carbocycles. The Bertz CT molecular complexity index is 657. The second-order valence-electron chi connectivity index (χ2n) is 9.64. The van der Waals surface area contributed by atoms with Gasteiger partial charge in [0.2, 0.25) is 11.6 Å². The number of hydrogen-bond acceptors (Lipinski definition) is 5. The summed E-state index contributed by atoms with van der Waals surface area (Å²) < 4.78 is 12.7. The molecule has 6 aliphatic rings. The van der Waals surface area contributed by atoms with E-state index in [0.29, 0.717) is 17.8 Å². The van der Waals surface area contributed by atoms with Crippen LogP contribution in [0, 0.1) is 29.6 Å². The third kappa shape index (κ3) is 2.73. The van der Waals surface area contributed by atoms with E-state index in [1.54, 1.807) is 12.4 Å². The average Bonchev–Trinajstić information content (AvgIpc) is 3.06. The molecule has 5 heteroatoms. The van der Waals surface area contributed by atoms with E-state index in [0.717, 1.165) is 49.9 Å². The lowest BCUT2D eigenvalue weighted by atomic mass is 9.53. The van der Waals surface area contributed by atoms with Gasteiger partial charge in [0.25, 0.3) is 0 Å². The van der Waals surface area contributed by atoms with Crippen molar-refractivity contribution in [2.45, 2.75) is 69.4 Å². The minimum atomic E-state index is -0.511. The molecule has 146 valence electrons. The van der Waals surface area contributed by atoms with Crippen molar-refractivity contribution in [1.82, 2.24) is 4.98 Å². The summed E-state index contributed by atoms with van der Waals surface area (Å²) in [4.78, 5) is 16.1. The summed E-state index contributed by atoms with van der Waals surface area (Å²) in [7, 11) is 0. The molecule has 0 N–H and O–H groups in total. The van der Waals surface area contributed by atoms with Crippen molar-refractivity contribution in [3.8, 4) is 5.75 Å². The number of rotatable bonds is 3. The van der Waals surface area contributed by atoms with Gasteiger partial charge in [-0.25, -0.2) is 0 Å². The van der Waals surface area contributed by atoms with E-state index in [1.165, 1.54) is 32.1 Å². The van der Waals surface area contributed by atoms with Gasteiger partial charge >= 0.3 is 0 Å². The fraction of sp³-hybridized carbons (Fsp3) is 0.773. The van der Waals surface area contributed by atoms with E-state index in [1.807, 2.05) is 12.1 Å². The van der Waals surface area contributed by atoms with Gasteiger partial charge in [0.15, 0.2) is 0 Å². The standard InChI is InChI=1S/C22H29NO4/c1-5-21(6-2-15(1)14-24-20-3-7-23-8-4-20)25-22(27-26-21)18-10-16-9-17(12-18)13-19(22)11-16/h3-4,7-8,15-19H,1-2,5-6,9-14H2. The molecule has 0 radical (unpaired) electrons. The first-order chi connectivity index (χ1) is 13.2. The van der Waals surface area contributed by atoms with Crippen LogP contribution in [0.5, 0.6) is 5.75 Å². The molecule has 5 nitrogen and oxygen atoms in total. The van der Waals surface area contributed by atoms with E-state index in [4.69, 9.17) is 19.2 Å². The van der Waals surface area contributed by atoms with Crippen LogP contribution in [0.1, 0.15) is 57.8 Å². The highest BCUT2D eigenvalue weighted by molar-refractivity contribution is 5.16. The first-order valence-corrected chi connectivity index (χ1v) is 10.8. The van der Waals surface area contributed by atoms with Crippen LogP contribution in [0.25, 0.3) is 0 Å². The Morgan fingerprint density at radius 2 is 1.59 bits per heavy atom. The van der Waals surface area contributed by atoms with E-state index in [9.17, 15) is 0 Å². The summed E-state index contributed by atoms with van der Waals surface area (Å²) in [6.07, 6.45) is 14.0. The first kappa shape index (κ1) is 16.8. The summed E-state index contributed by atoms with van der Waals surface area (Å²) in [5.41, 5.74) is 0. The molecule has 1 aromatic heterocycles. The van der Waals surface area contributed by atoms with E-state index < -0.39 is 11.6 Å². The van der Waals surface area contributed by atoms with Crippen LogP contribution in [0.15, 0.2) is 24.5 Å². The topological polar surface area (TPSA) is 49.8 Å². The average molecular weight is 371 g/mol. The predicted molar refractivity (Wildman–Crippen MR) is 97.5 cm³/mol. The lowest BCUT2D eigenvalue weighted by Gasteiger charge is -2.57. The largest absolute Gasteiger partial charge is 0.493 e. The molecule has 1 aromatic rings. The summed E-state index contributed by atoms with van der Waals surface area (Å²) in [5.74, 6) is 3.39. The highest BCUT2D eigenvalue weighted by Crippen LogP contribution is 2.63. The van der Waals surface area contributed by atoms with Crippen LogP contribution >= 0.6 is 0 Å². The van der Waals surface area contributed by atoms with Crippen LogP contribution in [0.3, 0.4) is 0 Å². The molecule has 2 heterocycles. The monoisotopic (exact) mass is 371 g/mol. The van der Waals surface area contributed by atoms with Crippen LogP contribution in [0.4, 0.5) is 0 Å². The summed E-state index contributed by atoms with van der Waals surface area (Å²) in [6.45, 7) is 0.751. The molecule has 6 fully saturated rings. The predicted octanol–water partition coefficient (Wildman–Crippen LogP) is 4.48. The zero-order valence-electron chi connectivity index (χ0n) is 15.8. The quantitative estimate of drug-likeness (QED) is 0.734. The van der Waals surface area contributed by atoms with Crippen LogP contribution in [0.2, 0.25) is 0 Å². The molecule has 0 unspecified atom stereocenters. The fourth-order valence-electron chi connectivity index (χ4n) is 6.73. The van der Waals surface area contributed by atoms with Gasteiger partial charge in [0, 0.05) is 37.1 Å². The van der Waals surface area contributed by atoms with Crippen molar-refractivity contribution in [1.29, 1.82) is 0 Å². The van der Waals surface area contributed by atoms with Crippen molar-refractivity contribution in [3.63, 3.8) is 0 Å². The molecule has 2 spiro atoms. The van der Waals surface area contributed by atoms with E-state index in [2.05, 4.69) is 4.98 Å². The Morgan fingerprint density at radius 1 is 0.926 bits per heavy atom. The van der Waals surface area contributed by atoms with Gasteiger partial charge in [-0.15, -0.1) is 0 Å².